The summed E-state index contributed by atoms with van der Waals surface area (Å²) in [6, 6.07) is 7.53. The van der Waals surface area contributed by atoms with Gasteiger partial charge in [0.1, 0.15) is 5.60 Å². The lowest BCUT2D eigenvalue weighted by Gasteiger charge is -2.19. The topological polar surface area (TPSA) is 62.4 Å². The zero-order valence-corrected chi connectivity index (χ0v) is 14.6. The van der Waals surface area contributed by atoms with Crippen LogP contribution in [0.4, 0.5) is 4.79 Å². The SMILES string of the molecule is CC(C)(C)OC(=O)NCCNC(=S)NCc1ccc(Cl)cc1. The molecule has 0 heterocycles. The van der Waals surface area contributed by atoms with Crippen molar-refractivity contribution in [3.05, 3.63) is 34.9 Å². The van der Waals surface area contributed by atoms with Gasteiger partial charge in [-0.1, -0.05) is 23.7 Å². The van der Waals surface area contributed by atoms with Gasteiger partial charge in [0.2, 0.25) is 0 Å². The molecule has 0 bridgehead atoms. The number of hydrogen-bond donors (Lipinski definition) is 3. The van der Waals surface area contributed by atoms with E-state index in [4.69, 9.17) is 28.6 Å². The minimum absolute atomic E-state index is 0.428. The van der Waals surface area contributed by atoms with Crippen LogP contribution in [-0.2, 0) is 11.3 Å². The molecule has 0 fully saturated rings. The smallest absolute Gasteiger partial charge is 0.407 e. The molecule has 0 atom stereocenters. The van der Waals surface area contributed by atoms with Crippen LogP contribution >= 0.6 is 23.8 Å². The molecule has 0 saturated heterocycles. The number of ether oxygens (including phenoxy) is 1. The second-order valence-electron chi connectivity index (χ2n) is 5.66. The van der Waals surface area contributed by atoms with Gasteiger partial charge < -0.3 is 20.7 Å². The normalized spacial score (nSPS) is 10.7. The molecule has 0 saturated carbocycles. The second-order valence-corrected chi connectivity index (χ2v) is 6.51. The number of amides is 1. The lowest BCUT2D eigenvalue weighted by atomic mass is 10.2. The van der Waals surface area contributed by atoms with Crippen molar-refractivity contribution in [1.82, 2.24) is 16.0 Å². The zero-order valence-electron chi connectivity index (χ0n) is 13.0. The van der Waals surface area contributed by atoms with E-state index in [1.54, 1.807) is 0 Å². The van der Waals surface area contributed by atoms with Crippen molar-refractivity contribution in [2.24, 2.45) is 0 Å². The molecule has 0 aliphatic carbocycles. The number of benzene rings is 1. The van der Waals surface area contributed by atoms with Crippen LogP contribution in [0.25, 0.3) is 0 Å². The van der Waals surface area contributed by atoms with Crippen LogP contribution in [0.5, 0.6) is 0 Å². The largest absolute Gasteiger partial charge is 0.444 e. The van der Waals surface area contributed by atoms with Crippen LogP contribution in [-0.4, -0.2) is 29.9 Å². The number of carbonyl (C=O) groups is 1. The number of hydrogen-bond acceptors (Lipinski definition) is 3. The summed E-state index contributed by atoms with van der Waals surface area (Å²) < 4.78 is 5.12. The number of rotatable bonds is 5. The first kappa shape index (κ1) is 18.5. The fraction of sp³-hybridized carbons (Fsp3) is 0.467. The van der Waals surface area contributed by atoms with Crippen LogP contribution in [0.3, 0.4) is 0 Å². The van der Waals surface area contributed by atoms with Crippen LogP contribution in [0.15, 0.2) is 24.3 Å². The molecule has 0 unspecified atom stereocenters. The van der Waals surface area contributed by atoms with Gasteiger partial charge in [-0.3, -0.25) is 0 Å². The van der Waals surface area contributed by atoms with Crippen LogP contribution in [0, 0.1) is 0 Å². The molecule has 0 aliphatic heterocycles. The van der Waals surface area contributed by atoms with Crippen molar-refractivity contribution < 1.29 is 9.53 Å². The Balaban J connectivity index is 2.13. The van der Waals surface area contributed by atoms with Crippen LogP contribution in [0.1, 0.15) is 26.3 Å². The summed E-state index contributed by atoms with van der Waals surface area (Å²) in [4.78, 5) is 11.4. The molecule has 3 N–H and O–H groups in total. The molecule has 1 rings (SSSR count). The quantitative estimate of drug-likeness (QED) is 0.567. The van der Waals surface area contributed by atoms with Crippen molar-refractivity contribution in [2.75, 3.05) is 13.1 Å². The number of nitrogens with one attached hydrogen (secondary N) is 3. The van der Waals surface area contributed by atoms with Crippen molar-refractivity contribution >= 4 is 35.0 Å². The molecule has 22 heavy (non-hydrogen) atoms. The Bertz CT molecular complexity index is 501. The summed E-state index contributed by atoms with van der Waals surface area (Å²) in [6.07, 6.45) is -0.436. The highest BCUT2D eigenvalue weighted by Gasteiger charge is 2.15. The van der Waals surface area contributed by atoms with Crippen molar-refractivity contribution in [3.8, 4) is 0 Å². The van der Waals surface area contributed by atoms with E-state index in [-0.39, 0.29) is 0 Å². The molecular formula is C15H22ClN3O2S. The monoisotopic (exact) mass is 343 g/mol. The van der Waals surface area contributed by atoms with Gasteiger partial charge in [0, 0.05) is 24.7 Å². The van der Waals surface area contributed by atoms with Crippen molar-refractivity contribution in [3.63, 3.8) is 0 Å². The highest BCUT2D eigenvalue weighted by Crippen LogP contribution is 2.09. The van der Waals surface area contributed by atoms with E-state index >= 15 is 0 Å². The first-order valence-corrected chi connectivity index (χ1v) is 7.78. The Morgan fingerprint density at radius 3 is 2.32 bits per heavy atom. The number of thiocarbonyl (C=S) groups is 1. The third-order valence-electron chi connectivity index (χ3n) is 2.45. The summed E-state index contributed by atoms with van der Waals surface area (Å²) >= 11 is 11.0. The molecule has 0 spiro atoms. The highest BCUT2D eigenvalue weighted by atomic mass is 35.5. The minimum atomic E-state index is -0.493. The zero-order chi connectivity index (χ0) is 16.6. The van der Waals surface area contributed by atoms with E-state index in [1.165, 1.54) is 0 Å². The maximum absolute atomic E-state index is 11.4. The first-order valence-electron chi connectivity index (χ1n) is 6.99. The molecule has 1 aromatic carbocycles. The van der Waals surface area contributed by atoms with Gasteiger partial charge in [-0.25, -0.2) is 4.79 Å². The Labute approximate surface area is 141 Å². The molecule has 7 heteroatoms. The van der Waals surface area contributed by atoms with Gasteiger partial charge in [-0.15, -0.1) is 0 Å². The fourth-order valence-electron chi connectivity index (χ4n) is 1.50. The summed E-state index contributed by atoms with van der Waals surface area (Å²) in [6.45, 7) is 7.02. The average molecular weight is 344 g/mol. The van der Waals surface area contributed by atoms with Crippen molar-refractivity contribution in [1.29, 1.82) is 0 Å². The highest BCUT2D eigenvalue weighted by molar-refractivity contribution is 7.80. The van der Waals surface area contributed by atoms with Gasteiger partial charge in [-0.05, 0) is 50.7 Å². The minimum Gasteiger partial charge on any atom is -0.444 e. The Hall–Kier alpha value is -1.53. The molecule has 0 aliphatic rings. The molecule has 122 valence electrons. The van der Waals surface area contributed by atoms with Crippen LogP contribution in [0.2, 0.25) is 5.02 Å². The standard InChI is InChI=1S/C15H22ClN3O2S/c1-15(2,3)21-14(20)18-9-8-17-13(22)19-10-11-4-6-12(16)7-5-11/h4-7H,8-10H2,1-3H3,(H,18,20)(H2,17,19,22). The third-order valence-corrected chi connectivity index (χ3v) is 2.99. The van der Waals surface area contributed by atoms with Crippen LogP contribution < -0.4 is 16.0 Å². The molecule has 5 nitrogen and oxygen atoms in total. The summed E-state index contributed by atoms with van der Waals surface area (Å²) in [5.41, 5.74) is 0.591. The molecule has 0 radical (unpaired) electrons. The predicted octanol–water partition coefficient (Wildman–Crippen LogP) is 2.83. The van der Waals surface area contributed by atoms with E-state index in [0.29, 0.717) is 29.8 Å². The molecule has 1 aromatic rings. The van der Waals surface area contributed by atoms with E-state index in [9.17, 15) is 4.79 Å². The van der Waals surface area contributed by atoms with Gasteiger partial charge in [-0.2, -0.15) is 0 Å². The van der Waals surface area contributed by atoms with E-state index in [2.05, 4.69) is 16.0 Å². The van der Waals surface area contributed by atoms with Crippen molar-refractivity contribution in [2.45, 2.75) is 32.9 Å². The number of alkyl carbamates (subject to hydrolysis) is 1. The third kappa shape index (κ3) is 8.69. The van der Waals surface area contributed by atoms with Gasteiger partial charge in [0.25, 0.3) is 0 Å². The fourth-order valence-corrected chi connectivity index (χ4v) is 1.80. The maximum atomic E-state index is 11.4. The number of halogens is 1. The summed E-state index contributed by atoms with van der Waals surface area (Å²) in [5, 5.41) is 9.97. The van der Waals surface area contributed by atoms with Gasteiger partial charge in [0.15, 0.2) is 5.11 Å². The molecule has 1 amide bonds. The van der Waals surface area contributed by atoms with E-state index in [1.807, 2.05) is 45.0 Å². The molecule has 0 aromatic heterocycles. The lowest BCUT2D eigenvalue weighted by molar-refractivity contribution is 0.0529. The van der Waals surface area contributed by atoms with Gasteiger partial charge >= 0.3 is 6.09 Å². The number of carbonyl (C=O) groups excluding carboxylic acids is 1. The first-order chi connectivity index (χ1) is 10.3. The second kappa shape index (κ2) is 8.80. The molecular weight excluding hydrogens is 322 g/mol. The van der Waals surface area contributed by atoms with E-state index in [0.717, 1.165) is 5.56 Å². The predicted molar refractivity (Wildman–Crippen MR) is 93.1 cm³/mol. The Morgan fingerprint density at radius 2 is 1.73 bits per heavy atom. The average Bonchev–Trinajstić information content (AvgIpc) is 2.41. The van der Waals surface area contributed by atoms with E-state index < -0.39 is 11.7 Å². The Morgan fingerprint density at radius 1 is 1.14 bits per heavy atom. The summed E-state index contributed by atoms with van der Waals surface area (Å²) in [7, 11) is 0. The lowest BCUT2D eigenvalue weighted by Crippen LogP contribution is -2.41. The maximum Gasteiger partial charge on any atom is 0.407 e. The Kier molecular flexibility index (Phi) is 7.41. The summed E-state index contributed by atoms with van der Waals surface area (Å²) in [5.74, 6) is 0. The van der Waals surface area contributed by atoms with Gasteiger partial charge in [0.05, 0.1) is 0 Å².